The molecule has 0 fully saturated rings. The van der Waals surface area contributed by atoms with Gasteiger partial charge in [-0.05, 0) is 18.2 Å². The molecular weight excluding hydrogens is 236 g/mol. The fourth-order valence-corrected chi connectivity index (χ4v) is 1.51. The molecule has 1 amide bonds. The van der Waals surface area contributed by atoms with Gasteiger partial charge < -0.3 is 15.8 Å². The highest BCUT2D eigenvalue weighted by molar-refractivity contribution is 6.06. The van der Waals surface area contributed by atoms with Gasteiger partial charge in [-0.1, -0.05) is 0 Å². The topological polar surface area (TPSA) is 110 Å². The smallest absolute Gasteiger partial charge is 0.325 e. The van der Waals surface area contributed by atoms with E-state index in [4.69, 9.17) is 5.73 Å². The summed E-state index contributed by atoms with van der Waals surface area (Å²) < 4.78 is 4.42. The Balaban J connectivity index is 2.22. The highest BCUT2D eigenvalue weighted by atomic mass is 16.5. The minimum Gasteiger partial charge on any atom is -0.468 e. The Hall–Kier alpha value is -2.57. The summed E-state index contributed by atoms with van der Waals surface area (Å²) in [5.41, 5.74) is 7.08. The van der Waals surface area contributed by atoms with Crippen LogP contribution in [0, 0.1) is 0 Å². The lowest BCUT2D eigenvalue weighted by atomic mass is 10.2. The minimum atomic E-state index is -0.525. The van der Waals surface area contributed by atoms with E-state index in [2.05, 4.69) is 20.3 Å². The fourth-order valence-electron chi connectivity index (χ4n) is 1.51. The number of rotatable bonds is 3. The van der Waals surface area contributed by atoms with Gasteiger partial charge in [-0.25, -0.2) is 0 Å². The summed E-state index contributed by atoms with van der Waals surface area (Å²) in [4.78, 5) is 22.7. The number of hydrogen-bond donors (Lipinski definition) is 3. The second-order valence-electron chi connectivity index (χ2n) is 3.64. The number of methoxy groups -OCH3 is 1. The number of amides is 1. The second-order valence-corrected chi connectivity index (χ2v) is 3.64. The van der Waals surface area contributed by atoms with Crippen LogP contribution in [0.4, 0.5) is 5.69 Å². The van der Waals surface area contributed by atoms with Gasteiger partial charge in [0.25, 0.3) is 5.91 Å². The van der Waals surface area contributed by atoms with Crippen LogP contribution >= 0.6 is 0 Å². The van der Waals surface area contributed by atoms with Gasteiger partial charge in [0.05, 0.1) is 12.6 Å². The number of H-pyrrole nitrogens is 1. The molecule has 0 saturated heterocycles. The van der Waals surface area contributed by atoms with E-state index in [0.29, 0.717) is 16.6 Å². The molecule has 94 valence electrons. The van der Waals surface area contributed by atoms with Crippen molar-refractivity contribution in [2.24, 2.45) is 0 Å². The van der Waals surface area contributed by atoms with Crippen LogP contribution in [-0.2, 0) is 9.53 Å². The Morgan fingerprint density at radius 3 is 3.00 bits per heavy atom. The zero-order valence-corrected chi connectivity index (χ0v) is 9.69. The monoisotopic (exact) mass is 248 g/mol. The molecule has 1 aromatic heterocycles. The Morgan fingerprint density at radius 1 is 1.50 bits per heavy atom. The predicted molar refractivity (Wildman–Crippen MR) is 64.9 cm³/mol. The number of aromatic nitrogens is 2. The number of carbonyl (C=O) groups excluding carboxylic acids is 2. The van der Waals surface area contributed by atoms with Crippen LogP contribution in [0.15, 0.2) is 18.2 Å². The first-order chi connectivity index (χ1) is 8.61. The molecule has 2 aromatic rings. The standard InChI is InChI=1S/C11H12N4O3/c1-18-9(16)5-13-11(17)10-7-4-6(12)2-3-8(7)14-15-10/h2-4H,5,12H2,1H3,(H,13,17)(H,14,15). The van der Waals surface area contributed by atoms with Crippen molar-refractivity contribution in [2.45, 2.75) is 0 Å². The van der Waals surface area contributed by atoms with Crippen molar-refractivity contribution in [3.8, 4) is 0 Å². The first-order valence-corrected chi connectivity index (χ1v) is 5.20. The van der Waals surface area contributed by atoms with Crippen LogP contribution in [0.1, 0.15) is 10.5 Å². The predicted octanol–water partition coefficient (Wildman–Crippen LogP) is 0.0479. The highest BCUT2D eigenvalue weighted by Gasteiger charge is 2.15. The number of nitrogens with one attached hydrogen (secondary N) is 2. The van der Waals surface area contributed by atoms with Gasteiger partial charge in [-0.2, -0.15) is 5.10 Å². The molecule has 0 atom stereocenters. The first kappa shape index (κ1) is 11.9. The van der Waals surface area contributed by atoms with Crippen LogP contribution in [0.25, 0.3) is 10.9 Å². The Morgan fingerprint density at radius 2 is 2.28 bits per heavy atom. The molecule has 0 saturated carbocycles. The lowest BCUT2D eigenvalue weighted by Gasteiger charge is -2.01. The molecule has 0 unspecified atom stereocenters. The van der Waals surface area contributed by atoms with E-state index in [1.165, 1.54) is 7.11 Å². The summed E-state index contributed by atoms with van der Waals surface area (Å²) in [6, 6.07) is 5.08. The maximum Gasteiger partial charge on any atom is 0.325 e. The molecule has 0 radical (unpaired) electrons. The van der Waals surface area contributed by atoms with Crippen LogP contribution in [0.2, 0.25) is 0 Å². The number of esters is 1. The fraction of sp³-hybridized carbons (Fsp3) is 0.182. The number of ether oxygens (including phenoxy) is 1. The molecule has 1 heterocycles. The number of nitrogens with two attached hydrogens (primary N) is 1. The average Bonchev–Trinajstić information content (AvgIpc) is 2.78. The summed E-state index contributed by atoms with van der Waals surface area (Å²) in [6.07, 6.45) is 0. The quantitative estimate of drug-likeness (QED) is 0.525. The van der Waals surface area contributed by atoms with Crippen LogP contribution < -0.4 is 11.1 Å². The summed E-state index contributed by atoms with van der Waals surface area (Å²) in [7, 11) is 1.25. The molecule has 0 aliphatic heterocycles. The van der Waals surface area contributed by atoms with Crippen molar-refractivity contribution in [3.05, 3.63) is 23.9 Å². The summed E-state index contributed by atoms with van der Waals surface area (Å²) in [6.45, 7) is -0.202. The number of fused-ring (bicyclic) bond motifs is 1. The number of aromatic amines is 1. The zero-order chi connectivity index (χ0) is 13.1. The van der Waals surface area contributed by atoms with Crippen molar-refractivity contribution in [3.63, 3.8) is 0 Å². The first-order valence-electron chi connectivity index (χ1n) is 5.20. The third kappa shape index (κ3) is 2.24. The number of anilines is 1. The van der Waals surface area contributed by atoms with Gasteiger partial charge in [0.1, 0.15) is 6.54 Å². The summed E-state index contributed by atoms with van der Waals surface area (Å²) >= 11 is 0. The van der Waals surface area contributed by atoms with Gasteiger partial charge in [0, 0.05) is 11.1 Å². The molecule has 7 heteroatoms. The maximum atomic E-state index is 11.8. The molecule has 0 spiro atoms. The van der Waals surface area contributed by atoms with Crippen LogP contribution in [-0.4, -0.2) is 35.7 Å². The number of hydrogen-bond acceptors (Lipinski definition) is 5. The molecule has 0 bridgehead atoms. The highest BCUT2D eigenvalue weighted by Crippen LogP contribution is 2.18. The van der Waals surface area contributed by atoms with Gasteiger partial charge in [-0.3, -0.25) is 14.7 Å². The summed E-state index contributed by atoms with van der Waals surface area (Å²) in [5.74, 6) is -0.986. The molecule has 1 aromatic carbocycles. The molecule has 0 aliphatic carbocycles. The lowest BCUT2D eigenvalue weighted by Crippen LogP contribution is -2.30. The third-order valence-electron chi connectivity index (χ3n) is 2.42. The van der Waals surface area contributed by atoms with E-state index in [0.717, 1.165) is 0 Å². The molecule has 0 aliphatic rings. The molecule has 18 heavy (non-hydrogen) atoms. The number of benzene rings is 1. The van der Waals surface area contributed by atoms with Crippen LogP contribution in [0.3, 0.4) is 0 Å². The largest absolute Gasteiger partial charge is 0.468 e. The normalized spacial score (nSPS) is 10.3. The Labute approximate surface area is 102 Å². The number of carbonyl (C=O) groups is 2. The molecular formula is C11H12N4O3. The van der Waals surface area contributed by atoms with E-state index >= 15 is 0 Å². The zero-order valence-electron chi connectivity index (χ0n) is 9.69. The minimum absolute atomic E-state index is 0.196. The van der Waals surface area contributed by atoms with Crippen molar-refractivity contribution in [2.75, 3.05) is 19.4 Å². The van der Waals surface area contributed by atoms with E-state index in [9.17, 15) is 9.59 Å². The number of nitrogens with zero attached hydrogens (tertiary/aromatic N) is 1. The molecule has 7 nitrogen and oxygen atoms in total. The Kier molecular flexibility index (Phi) is 3.13. The van der Waals surface area contributed by atoms with Gasteiger partial charge in [-0.15, -0.1) is 0 Å². The van der Waals surface area contributed by atoms with E-state index in [-0.39, 0.29) is 12.2 Å². The molecule has 2 rings (SSSR count). The van der Waals surface area contributed by atoms with Gasteiger partial charge in [0.2, 0.25) is 0 Å². The van der Waals surface area contributed by atoms with Gasteiger partial charge in [0.15, 0.2) is 5.69 Å². The van der Waals surface area contributed by atoms with Crippen LogP contribution in [0.5, 0.6) is 0 Å². The van der Waals surface area contributed by atoms with E-state index < -0.39 is 11.9 Å². The van der Waals surface area contributed by atoms with E-state index in [1.807, 2.05) is 0 Å². The average molecular weight is 248 g/mol. The number of nitrogen functional groups attached to an aromatic ring is 1. The van der Waals surface area contributed by atoms with Crippen molar-refractivity contribution in [1.29, 1.82) is 0 Å². The lowest BCUT2D eigenvalue weighted by molar-refractivity contribution is -0.139. The van der Waals surface area contributed by atoms with E-state index in [1.54, 1.807) is 18.2 Å². The summed E-state index contributed by atoms with van der Waals surface area (Å²) in [5, 5.41) is 9.63. The SMILES string of the molecule is COC(=O)CNC(=O)c1n[nH]c2ccc(N)cc12. The van der Waals surface area contributed by atoms with Crippen molar-refractivity contribution < 1.29 is 14.3 Å². The third-order valence-corrected chi connectivity index (χ3v) is 2.42. The maximum absolute atomic E-state index is 11.8. The van der Waals surface area contributed by atoms with Gasteiger partial charge >= 0.3 is 5.97 Å². The molecule has 4 N–H and O–H groups in total. The van der Waals surface area contributed by atoms with Crippen molar-refractivity contribution >= 4 is 28.5 Å². The van der Waals surface area contributed by atoms with Crippen molar-refractivity contribution in [1.82, 2.24) is 15.5 Å². The second kappa shape index (κ2) is 4.74. The Bertz CT molecular complexity index is 605.